The molecule has 1 aliphatic rings. The molecule has 2 aromatic rings. The van der Waals surface area contributed by atoms with Gasteiger partial charge in [-0.15, -0.1) is 0 Å². The SMILES string of the molecule is Cc1ccc(C)c(N=C2NC(=O)[C@H](CC(=O)Nc3ccc(Cl)cc3Cl)S2)c1. The molecule has 0 aliphatic carbocycles. The van der Waals surface area contributed by atoms with Crippen LogP contribution in [-0.2, 0) is 9.59 Å². The Morgan fingerprint density at radius 2 is 2.00 bits per heavy atom. The van der Waals surface area contributed by atoms with Crippen molar-refractivity contribution in [2.45, 2.75) is 25.5 Å². The number of amides is 2. The van der Waals surface area contributed by atoms with Crippen molar-refractivity contribution < 1.29 is 9.59 Å². The van der Waals surface area contributed by atoms with Gasteiger partial charge in [-0.05, 0) is 49.2 Å². The number of halogens is 2. The number of carbonyl (C=O) groups is 2. The first-order chi connectivity index (χ1) is 12.8. The van der Waals surface area contributed by atoms with Crippen LogP contribution in [0.1, 0.15) is 17.5 Å². The zero-order chi connectivity index (χ0) is 19.6. The fourth-order valence-electron chi connectivity index (χ4n) is 2.50. The Morgan fingerprint density at radius 1 is 1.22 bits per heavy atom. The monoisotopic (exact) mass is 421 g/mol. The largest absolute Gasteiger partial charge is 0.325 e. The van der Waals surface area contributed by atoms with Crippen molar-refractivity contribution in [3.63, 3.8) is 0 Å². The molecule has 1 heterocycles. The summed E-state index contributed by atoms with van der Waals surface area (Å²) in [6.45, 7) is 3.94. The van der Waals surface area contributed by atoms with Crippen LogP contribution >= 0.6 is 35.0 Å². The summed E-state index contributed by atoms with van der Waals surface area (Å²) in [5.41, 5.74) is 3.36. The molecule has 0 aromatic heterocycles. The number of nitrogens with one attached hydrogen (secondary N) is 2. The molecular weight excluding hydrogens is 405 g/mol. The predicted octanol–water partition coefficient (Wildman–Crippen LogP) is 4.86. The molecule has 1 atom stereocenters. The highest BCUT2D eigenvalue weighted by molar-refractivity contribution is 8.15. The van der Waals surface area contributed by atoms with Crippen molar-refractivity contribution in [2.75, 3.05) is 5.32 Å². The van der Waals surface area contributed by atoms with E-state index in [1.807, 2.05) is 32.0 Å². The van der Waals surface area contributed by atoms with Crippen molar-refractivity contribution in [1.82, 2.24) is 5.32 Å². The average Bonchev–Trinajstić information content (AvgIpc) is 2.93. The molecule has 1 aliphatic heterocycles. The molecule has 5 nitrogen and oxygen atoms in total. The third kappa shape index (κ3) is 5.03. The summed E-state index contributed by atoms with van der Waals surface area (Å²) < 4.78 is 0. The Kier molecular flexibility index (Phi) is 6.09. The summed E-state index contributed by atoms with van der Waals surface area (Å²) in [6.07, 6.45) is 0.0152. The summed E-state index contributed by atoms with van der Waals surface area (Å²) in [6, 6.07) is 10.8. The summed E-state index contributed by atoms with van der Waals surface area (Å²) in [4.78, 5) is 29.0. The van der Waals surface area contributed by atoms with Crippen LogP contribution < -0.4 is 10.6 Å². The van der Waals surface area contributed by atoms with E-state index >= 15 is 0 Å². The van der Waals surface area contributed by atoms with Crippen LogP contribution in [0.15, 0.2) is 41.4 Å². The fourth-order valence-corrected chi connectivity index (χ4v) is 3.94. The predicted molar refractivity (Wildman–Crippen MR) is 112 cm³/mol. The maximum atomic E-state index is 12.3. The molecular formula is C19H17Cl2N3O2S. The minimum Gasteiger partial charge on any atom is -0.325 e. The lowest BCUT2D eigenvalue weighted by atomic mass is 10.1. The molecule has 0 saturated carbocycles. The van der Waals surface area contributed by atoms with Crippen molar-refractivity contribution in [2.24, 2.45) is 4.99 Å². The third-order valence-electron chi connectivity index (χ3n) is 3.94. The number of rotatable bonds is 4. The lowest BCUT2D eigenvalue weighted by Crippen LogP contribution is -2.28. The van der Waals surface area contributed by atoms with E-state index in [4.69, 9.17) is 23.2 Å². The van der Waals surface area contributed by atoms with Crippen molar-refractivity contribution in [3.05, 3.63) is 57.6 Å². The van der Waals surface area contributed by atoms with Crippen LogP contribution in [0.4, 0.5) is 11.4 Å². The Balaban J connectivity index is 1.66. The number of hydrogen-bond acceptors (Lipinski definition) is 4. The lowest BCUT2D eigenvalue weighted by molar-refractivity contribution is -0.122. The van der Waals surface area contributed by atoms with E-state index in [1.165, 1.54) is 11.8 Å². The highest BCUT2D eigenvalue weighted by Gasteiger charge is 2.32. The number of hydrogen-bond donors (Lipinski definition) is 2. The van der Waals surface area contributed by atoms with Crippen molar-refractivity contribution >= 4 is 63.3 Å². The van der Waals surface area contributed by atoms with Crippen LogP contribution in [0.5, 0.6) is 0 Å². The van der Waals surface area contributed by atoms with E-state index in [2.05, 4.69) is 15.6 Å². The molecule has 0 radical (unpaired) electrons. The van der Waals surface area contributed by atoms with E-state index in [-0.39, 0.29) is 18.2 Å². The van der Waals surface area contributed by atoms with Crippen LogP contribution in [0.2, 0.25) is 10.0 Å². The smallest absolute Gasteiger partial charge is 0.240 e. The fraction of sp³-hybridized carbons (Fsp3) is 0.211. The molecule has 1 fully saturated rings. The van der Waals surface area contributed by atoms with E-state index in [9.17, 15) is 9.59 Å². The van der Waals surface area contributed by atoms with Crippen LogP contribution in [-0.4, -0.2) is 22.2 Å². The first-order valence-corrected chi connectivity index (χ1v) is 9.84. The first kappa shape index (κ1) is 19.7. The number of carbonyl (C=O) groups excluding carboxylic acids is 2. The highest BCUT2D eigenvalue weighted by atomic mass is 35.5. The summed E-state index contributed by atoms with van der Waals surface area (Å²) in [7, 11) is 0. The summed E-state index contributed by atoms with van der Waals surface area (Å²) >= 11 is 13.2. The minimum absolute atomic E-state index is 0.0152. The average molecular weight is 422 g/mol. The molecule has 1 saturated heterocycles. The number of thioether (sulfide) groups is 1. The van der Waals surface area contributed by atoms with Crippen LogP contribution in [0.3, 0.4) is 0 Å². The molecule has 0 unspecified atom stereocenters. The number of nitrogens with zero attached hydrogens (tertiary/aromatic N) is 1. The van der Waals surface area contributed by atoms with Gasteiger partial charge in [-0.3, -0.25) is 9.59 Å². The second kappa shape index (κ2) is 8.33. The van der Waals surface area contributed by atoms with Gasteiger partial charge < -0.3 is 10.6 Å². The summed E-state index contributed by atoms with van der Waals surface area (Å²) in [5, 5.41) is 6.22. The van der Waals surface area contributed by atoms with Gasteiger partial charge in [-0.1, -0.05) is 47.1 Å². The Labute approximate surface area is 171 Å². The summed E-state index contributed by atoms with van der Waals surface area (Å²) in [5.74, 6) is -0.540. The maximum absolute atomic E-state index is 12.3. The van der Waals surface area contributed by atoms with Crippen molar-refractivity contribution in [1.29, 1.82) is 0 Å². The third-order valence-corrected chi connectivity index (χ3v) is 5.57. The van der Waals surface area contributed by atoms with Crippen LogP contribution in [0, 0.1) is 13.8 Å². The van der Waals surface area contributed by atoms with Gasteiger partial charge in [-0.2, -0.15) is 0 Å². The van der Waals surface area contributed by atoms with Gasteiger partial charge in [0.25, 0.3) is 0 Å². The zero-order valence-corrected chi connectivity index (χ0v) is 17.0. The normalized spacial score (nSPS) is 17.9. The first-order valence-electron chi connectivity index (χ1n) is 8.20. The lowest BCUT2D eigenvalue weighted by Gasteiger charge is -2.09. The van der Waals surface area contributed by atoms with E-state index in [0.29, 0.717) is 20.9 Å². The molecule has 2 amide bonds. The second-order valence-corrected chi connectivity index (χ2v) is 8.21. The molecule has 3 rings (SSSR count). The molecule has 140 valence electrons. The van der Waals surface area contributed by atoms with Gasteiger partial charge in [0.15, 0.2) is 5.17 Å². The molecule has 0 bridgehead atoms. The zero-order valence-electron chi connectivity index (χ0n) is 14.7. The van der Waals surface area contributed by atoms with E-state index < -0.39 is 5.25 Å². The molecule has 2 N–H and O–H groups in total. The van der Waals surface area contributed by atoms with Gasteiger partial charge in [-0.25, -0.2) is 4.99 Å². The standard InChI is InChI=1S/C19H17Cl2N3O2S/c1-10-3-4-11(2)15(7-10)23-19-24-18(26)16(27-19)9-17(25)22-14-6-5-12(20)8-13(14)21/h3-8,16H,9H2,1-2H3,(H,22,25)(H,23,24,26)/t16-/m0/s1. The highest BCUT2D eigenvalue weighted by Crippen LogP contribution is 2.29. The van der Waals surface area contributed by atoms with Crippen LogP contribution in [0.25, 0.3) is 0 Å². The van der Waals surface area contributed by atoms with Gasteiger partial charge in [0, 0.05) is 11.4 Å². The maximum Gasteiger partial charge on any atom is 0.240 e. The number of aliphatic imine (C=N–C) groups is 1. The Morgan fingerprint density at radius 3 is 2.74 bits per heavy atom. The molecule has 27 heavy (non-hydrogen) atoms. The Hall–Kier alpha value is -2.02. The molecule has 8 heteroatoms. The molecule has 0 spiro atoms. The van der Waals surface area contributed by atoms with Gasteiger partial charge >= 0.3 is 0 Å². The van der Waals surface area contributed by atoms with Gasteiger partial charge in [0.05, 0.1) is 16.4 Å². The quantitative estimate of drug-likeness (QED) is 0.740. The van der Waals surface area contributed by atoms with Gasteiger partial charge in [0.1, 0.15) is 5.25 Å². The van der Waals surface area contributed by atoms with Gasteiger partial charge in [0.2, 0.25) is 11.8 Å². The topological polar surface area (TPSA) is 70.6 Å². The minimum atomic E-state index is -0.542. The second-order valence-electron chi connectivity index (χ2n) is 6.18. The number of anilines is 1. The number of aryl methyl sites for hydroxylation is 2. The molecule has 2 aromatic carbocycles. The number of benzene rings is 2. The Bertz CT molecular complexity index is 947. The van der Waals surface area contributed by atoms with E-state index in [0.717, 1.165) is 16.8 Å². The van der Waals surface area contributed by atoms with E-state index in [1.54, 1.807) is 18.2 Å². The number of amidine groups is 1. The van der Waals surface area contributed by atoms with Crippen molar-refractivity contribution in [3.8, 4) is 0 Å².